The molecular weight excluding hydrogens is 188 g/mol. The molecule has 0 saturated carbocycles. The van der Waals surface area contributed by atoms with Gasteiger partial charge in [0.2, 0.25) is 0 Å². The number of aliphatic carboxylic acids is 1. The van der Waals surface area contributed by atoms with E-state index in [4.69, 9.17) is 5.11 Å². The van der Waals surface area contributed by atoms with E-state index in [0.717, 1.165) is 25.9 Å². The summed E-state index contributed by atoms with van der Waals surface area (Å²) >= 11 is 1.75. The highest BCUT2D eigenvalue weighted by Gasteiger charge is 2.42. The minimum Gasteiger partial charge on any atom is -0.480 e. The molecule has 13 heavy (non-hydrogen) atoms. The first-order valence-electron chi connectivity index (χ1n) is 4.57. The smallest absolute Gasteiger partial charge is 0.321 e. The molecule has 1 spiro atoms. The maximum absolute atomic E-state index is 10.7. The van der Waals surface area contributed by atoms with Gasteiger partial charge in [0.05, 0.1) is 4.87 Å². The fourth-order valence-corrected chi connectivity index (χ4v) is 3.33. The second-order valence-corrected chi connectivity index (χ2v) is 5.02. The van der Waals surface area contributed by atoms with Gasteiger partial charge in [0.15, 0.2) is 0 Å². The predicted molar refractivity (Wildman–Crippen MR) is 51.9 cm³/mol. The number of nitrogens with one attached hydrogen (secondary N) is 2. The van der Waals surface area contributed by atoms with Gasteiger partial charge < -0.3 is 10.4 Å². The summed E-state index contributed by atoms with van der Waals surface area (Å²) in [6, 6.07) is -0.357. The normalized spacial score (nSPS) is 39.5. The average molecular weight is 202 g/mol. The minimum atomic E-state index is -0.727. The van der Waals surface area contributed by atoms with Gasteiger partial charge in [-0.15, -0.1) is 11.8 Å². The van der Waals surface area contributed by atoms with Crippen LogP contribution in [-0.4, -0.2) is 40.8 Å². The zero-order chi connectivity index (χ0) is 9.31. The van der Waals surface area contributed by atoms with Gasteiger partial charge in [-0.3, -0.25) is 10.1 Å². The summed E-state index contributed by atoms with van der Waals surface area (Å²) in [5.41, 5.74) is 0. The number of piperidine rings is 1. The Hall–Kier alpha value is -0.260. The van der Waals surface area contributed by atoms with Crippen LogP contribution >= 0.6 is 11.8 Å². The Kier molecular flexibility index (Phi) is 2.49. The van der Waals surface area contributed by atoms with Gasteiger partial charge in [0, 0.05) is 12.3 Å². The minimum absolute atomic E-state index is 0.00130. The highest BCUT2D eigenvalue weighted by molar-refractivity contribution is 8.01. The van der Waals surface area contributed by atoms with Gasteiger partial charge in [-0.1, -0.05) is 0 Å². The predicted octanol–water partition coefficient (Wildman–Crippen LogP) is -0.144. The highest BCUT2D eigenvalue weighted by atomic mass is 32.2. The van der Waals surface area contributed by atoms with Crippen LogP contribution < -0.4 is 10.6 Å². The number of hydrogen-bond donors (Lipinski definition) is 3. The molecule has 2 heterocycles. The Morgan fingerprint density at radius 3 is 3.00 bits per heavy atom. The fraction of sp³-hybridized carbons (Fsp3) is 0.875. The third-order valence-corrected chi connectivity index (χ3v) is 4.13. The topological polar surface area (TPSA) is 61.4 Å². The van der Waals surface area contributed by atoms with E-state index in [1.165, 1.54) is 0 Å². The van der Waals surface area contributed by atoms with Crippen LogP contribution in [0, 0.1) is 0 Å². The molecule has 1 unspecified atom stereocenters. The van der Waals surface area contributed by atoms with E-state index in [1.54, 1.807) is 11.8 Å². The SMILES string of the molecule is O=C(O)[C@@H]1CSC2(CCCNC2)N1. The van der Waals surface area contributed by atoms with E-state index < -0.39 is 5.97 Å². The number of thioether (sulfide) groups is 1. The standard InChI is InChI=1S/C8H14N2O2S/c11-7(12)6-4-13-8(10-6)2-1-3-9-5-8/h6,9-10H,1-5H2,(H,11,12)/t6-,8?/m0/s1. The summed E-state index contributed by atoms with van der Waals surface area (Å²) in [6.07, 6.45) is 2.21. The van der Waals surface area contributed by atoms with Crippen LogP contribution in [0.5, 0.6) is 0 Å². The molecule has 2 fully saturated rings. The third-order valence-electron chi connectivity index (χ3n) is 2.61. The van der Waals surface area contributed by atoms with E-state index in [1.807, 2.05) is 0 Å². The van der Waals surface area contributed by atoms with E-state index >= 15 is 0 Å². The molecule has 2 rings (SSSR count). The summed E-state index contributed by atoms with van der Waals surface area (Å²) in [7, 11) is 0. The van der Waals surface area contributed by atoms with Crippen molar-refractivity contribution in [2.24, 2.45) is 0 Å². The Morgan fingerprint density at radius 1 is 1.62 bits per heavy atom. The van der Waals surface area contributed by atoms with Gasteiger partial charge >= 0.3 is 5.97 Å². The Bertz CT molecular complexity index is 216. The first-order chi connectivity index (χ1) is 6.22. The van der Waals surface area contributed by atoms with Crippen LogP contribution in [0.3, 0.4) is 0 Å². The number of hydrogen-bond acceptors (Lipinski definition) is 4. The molecular formula is C8H14N2O2S. The zero-order valence-corrected chi connectivity index (χ0v) is 8.19. The second kappa shape index (κ2) is 3.48. The van der Waals surface area contributed by atoms with Crippen LogP contribution in [0.1, 0.15) is 12.8 Å². The molecule has 2 aliphatic heterocycles. The lowest BCUT2D eigenvalue weighted by Gasteiger charge is -2.33. The molecule has 5 heteroatoms. The van der Waals surface area contributed by atoms with Gasteiger partial charge in [-0.2, -0.15) is 0 Å². The monoisotopic (exact) mass is 202 g/mol. The molecule has 2 aliphatic rings. The number of carboxylic acid groups (broad SMARTS) is 1. The second-order valence-electron chi connectivity index (χ2n) is 3.62. The van der Waals surface area contributed by atoms with Crippen molar-refractivity contribution in [3.63, 3.8) is 0 Å². The maximum Gasteiger partial charge on any atom is 0.321 e. The van der Waals surface area contributed by atoms with E-state index in [-0.39, 0.29) is 10.9 Å². The largest absolute Gasteiger partial charge is 0.480 e. The molecule has 3 N–H and O–H groups in total. The van der Waals surface area contributed by atoms with Crippen molar-refractivity contribution < 1.29 is 9.90 Å². The summed E-state index contributed by atoms with van der Waals surface area (Å²) in [6.45, 7) is 1.95. The lowest BCUT2D eigenvalue weighted by atomic mass is 10.1. The Balaban J connectivity index is 1.98. The molecule has 0 aromatic carbocycles. The lowest BCUT2D eigenvalue weighted by Crippen LogP contribution is -2.53. The van der Waals surface area contributed by atoms with Crippen molar-refractivity contribution in [1.29, 1.82) is 0 Å². The molecule has 2 saturated heterocycles. The van der Waals surface area contributed by atoms with Crippen molar-refractivity contribution in [1.82, 2.24) is 10.6 Å². The van der Waals surface area contributed by atoms with Crippen molar-refractivity contribution in [2.75, 3.05) is 18.8 Å². The number of carbonyl (C=O) groups is 1. The van der Waals surface area contributed by atoms with E-state index in [2.05, 4.69) is 10.6 Å². The van der Waals surface area contributed by atoms with Crippen molar-refractivity contribution in [3.8, 4) is 0 Å². The maximum atomic E-state index is 10.7. The Morgan fingerprint density at radius 2 is 2.46 bits per heavy atom. The average Bonchev–Trinajstić information content (AvgIpc) is 2.51. The molecule has 0 aromatic rings. The van der Waals surface area contributed by atoms with Gasteiger partial charge in [0.25, 0.3) is 0 Å². The Labute approximate surface area is 81.5 Å². The van der Waals surface area contributed by atoms with Crippen LogP contribution in [0.2, 0.25) is 0 Å². The molecule has 2 atom stereocenters. The quantitative estimate of drug-likeness (QED) is 0.552. The van der Waals surface area contributed by atoms with E-state index in [9.17, 15) is 4.79 Å². The van der Waals surface area contributed by atoms with Crippen LogP contribution in [0.25, 0.3) is 0 Å². The van der Waals surface area contributed by atoms with Crippen molar-refractivity contribution in [3.05, 3.63) is 0 Å². The highest BCUT2D eigenvalue weighted by Crippen LogP contribution is 2.35. The molecule has 0 amide bonds. The molecule has 4 nitrogen and oxygen atoms in total. The summed E-state index contributed by atoms with van der Waals surface area (Å²) < 4.78 is 0. The van der Waals surface area contributed by atoms with Crippen LogP contribution in [0.15, 0.2) is 0 Å². The summed E-state index contributed by atoms with van der Waals surface area (Å²) in [5.74, 6) is -0.0354. The van der Waals surface area contributed by atoms with Crippen molar-refractivity contribution in [2.45, 2.75) is 23.8 Å². The molecule has 0 radical (unpaired) electrons. The lowest BCUT2D eigenvalue weighted by molar-refractivity contribution is -0.138. The molecule has 74 valence electrons. The third kappa shape index (κ3) is 1.82. The fourth-order valence-electron chi connectivity index (χ4n) is 1.90. The van der Waals surface area contributed by atoms with Crippen molar-refractivity contribution >= 4 is 17.7 Å². The molecule has 0 aliphatic carbocycles. The summed E-state index contributed by atoms with van der Waals surface area (Å²) in [5, 5.41) is 15.3. The van der Waals surface area contributed by atoms with Gasteiger partial charge in [-0.25, -0.2) is 0 Å². The zero-order valence-electron chi connectivity index (χ0n) is 7.38. The molecule has 0 aromatic heterocycles. The first kappa shape index (κ1) is 9.30. The van der Waals surface area contributed by atoms with E-state index in [0.29, 0.717) is 5.75 Å². The molecule has 0 bridgehead atoms. The number of carboxylic acids is 1. The number of rotatable bonds is 1. The van der Waals surface area contributed by atoms with Gasteiger partial charge in [-0.05, 0) is 19.4 Å². The summed E-state index contributed by atoms with van der Waals surface area (Å²) in [4.78, 5) is 10.7. The first-order valence-corrected chi connectivity index (χ1v) is 5.56. The van der Waals surface area contributed by atoms with Crippen LogP contribution in [0.4, 0.5) is 0 Å². The van der Waals surface area contributed by atoms with Crippen LogP contribution in [-0.2, 0) is 4.79 Å². The van der Waals surface area contributed by atoms with Gasteiger partial charge in [0.1, 0.15) is 6.04 Å².